The highest BCUT2D eigenvalue weighted by Crippen LogP contribution is 1.30. The van der Waals surface area contributed by atoms with Crippen molar-refractivity contribution in [1.29, 1.82) is 4.78 Å². The van der Waals surface area contributed by atoms with Gasteiger partial charge in [0.1, 0.15) is 0 Å². The fourth-order valence-electron chi connectivity index (χ4n) is 0. The lowest BCUT2D eigenvalue weighted by molar-refractivity contribution is 0.318. The van der Waals surface area contributed by atoms with E-state index >= 15 is 0 Å². The molecular weight excluding hydrogens is 118 g/mol. The van der Waals surface area contributed by atoms with Crippen molar-refractivity contribution in [2.45, 2.75) is 6.92 Å². The molecule has 0 aliphatic rings. The molecule has 2 N–H and O–H groups in total. The van der Waals surface area contributed by atoms with Crippen LogP contribution in [0.4, 0.5) is 0 Å². The van der Waals surface area contributed by atoms with Crippen LogP contribution in [0.15, 0.2) is 0 Å². The van der Waals surface area contributed by atoms with E-state index in [9.17, 15) is 0 Å². The molecule has 0 saturated carbocycles. The van der Waals surface area contributed by atoms with E-state index in [-0.39, 0.29) is 6.61 Å². The number of aliphatic hydroxyl groups is 1. The number of rotatable bonds is 0. The summed E-state index contributed by atoms with van der Waals surface area (Å²) in [6, 6.07) is 0. The van der Waals surface area contributed by atoms with Crippen LogP contribution < -0.4 is 0 Å². The van der Waals surface area contributed by atoms with Gasteiger partial charge in [-0.05, 0) is 6.92 Å². The third-order valence-electron chi connectivity index (χ3n) is 0. The smallest absolute Gasteiger partial charge is 0.308 e. The van der Waals surface area contributed by atoms with Crippen LogP contribution >= 0.6 is 0 Å². The quantitative estimate of drug-likeness (QED) is 0.463. The van der Waals surface area contributed by atoms with Crippen LogP contribution in [-0.2, 0) is 10.5 Å². The van der Waals surface area contributed by atoms with Crippen molar-refractivity contribution in [3.63, 3.8) is 0 Å². The first-order valence-electron chi connectivity index (χ1n) is 1.56. The average molecular weight is 125 g/mol. The lowest BCUT2D eigenvalue weighted by atomic mass is 10.9. The summed E-state index contributed by atoms with van der Waals surface area (Å²) in [4.78, 5) is 0. The van der Waals surface area contributed by atoms with Gasteiger partial charge in [-0.3, -0.25) is 0 Å². The van der Waals surface area contributed by atoms with Crippen molar-refractivity contribution >= 4 is 10.5 Å². The van der Waals surface area contributed by atoms with Gasteiger partial charge in [-0.1, -0.05) is 0 Å². The Morgan fingerprint density at radius 3 is 1.71 bits per heavy atom. The minimum Gasteiger partial charge on any atom is -0.397 e. The van der Waals surface area contributed by atoms with Crippen molar-refractivity contribution in [1.82, 2.24) is 0 Å². The molecule has 0 aliphatic carbocycles. The molecule has 0 atom stereocenters. The average Bonchev–Trinajstić information content (AvgIpc) is 1.33. The highest BCUT2D eigenvalue weighted by molar-refractivity contribution is 7.60. The highest BCUT2D eigenvalue weighted by atomic mass is 32.2. The molecule has 0 unspecified atom stereocenters. The molecule has 0 radical (unpaired) electrons. The molecule has 0 heterocycles. The highest BCUT2D eigenvalue weighted by Gasteiger charge is 1.34. The Morgan fingerprint density at radius 1 is 1.71 bits per heavy atom. The van der Waals surface area contributed by atoms with Crippen LogP contribution in [0, 0.1) is 4.78 Å². The fourth-order valence-corrected chi connectivity index (χ4v) is 0. The molecule has 4 nitrogen and oxygen atoms in total. The summed E-state index contributed by atoms with van der Waals surface area (Å²) in [5, 5.41) is 7.57. The maximum absolute atomic E-state index is 8.67. The molecule has 44 valence electrons. The molecule has 0 saturated heterocycles. The molecule has 0 rings (SSSR count). The van der Waals surface area contributed by atoms with Gasteiger partial charge in [0.25, 0.3) is 0 Å². The number of hydrogen-bond donors (Lipinski definition) is 2. The minimum absolute atomic E-state index is 0.250. The van der Waals surface area contributed by atoms with Crippen LogP contribution in [0.3, 0.4) is 0 Å². The van der Waals surface area contributed by atoms with E-state index in [1.165, 1.54) is 0 Å². The molecular formula is C2H7NO3S. The summed E-state index contributed by atoms with van der Waals surface area (Å²) < 4.78 is 22.8. The second kappa shape index (κ2) is 9.13. The van der Waals surface area contributed by atoms with Gasteiger partial charge in [0.15, 0.2) is 0 Å². The molecule has 0 fully saturated rings. The van der Waals surface area contributed by atoms with Crippen molar-refractivity contribution in [3.8, 4) is 0 Å². The van der Waals surface area contributed by atoms with E-state index in [1.54, 1.807) is 6.92 Å². The van der Waals surface area contributed by atoms with Crippen molar-refractivity contribution in [2.75, 3.05) is 6.61 Å². The number of aliphatic hydroxyl groups excluding tert-OH is 1. The monoisotopic (exact) mass is 125 g/mol. The minimum atomic E-state index is -2.61. The summed E-state index contributed by atoms with van der Waals surface area (Å²) in [6.07, 6.45) is 0. The fraction of sp³-hybridized carbons (Fsp3) is 1.00. The van der Waals surface area contributed by atoms with Gasteiger partial charge in [-0.25, -0.2) is 0 Å². The molecule has 7 heavy (non-hydrogen) atoms. The second-order valence-electron chi connectivity index (χ2n) is 0.551. The zero-order chi connectivity index (χ0) is 6.28. The Kier molecular flexibility index (Phi) is 12.7. The first-order valence-corrected chi connectivity index (χ1v) is 2.64. The molecule has 0 bridgehead atoms. The summed E-state index contributed by atoms with van der Waals surface area (Å²) >= 11 is 0. The van der Waals surface area contributed by atoms with Crippen LogP contribution in [-0.4, -0.2) is 20.1 Å². The molecule has 0 amide bonds. The maximum atomic E-state index is 8.67. The van der Waals surface area contributed by atoms with Gasteiger partial charge in [0.05, 0.1) is 0 Å². The first-order chi connectivity index (χ1) is 3.15. The van der Waals surface area contributed by atoms with Crippen molar-refractivity contribution in [3.05, 3.63) is 0 Å². The summed E-state index contributed by atoms with van der Waals surface area (Å²) in [6.45, 7) is 1.93. The molecule has 0 aromatic heterocycles. The van der Waals surface area contributed by atoms with Gasteiger partial charge < -0.3 is 5.11 Å². The largest absolute Gasteiger partial charge is 0.397 e. The van der Waals surface area contributed by atoms with Crippen LogP contribution in [0.25, 0.3) is 0 Å². The van der Waals surface area contributed by atoms with Crippen molar-refractivity contribution in [2.24, 2.45) is 0 Å². The van der Waals surface area contributed by atoms with E-state index in [2.05, 4.69) is 0 Å². The van der Waals surface area contributed by atoms with Crippen LogP contribution in [0.1, 0.15) is 6.92 Å². The maximum Gasteiger partial charge on any atom is 0.308 e. The Morgan fingerprint density at radius 2 is 1.71 bits per heavy atom. The molecule has 0 aliphatic heterocycles. The normalized spacial score (nSPS) is 6.00. The molecule has 0 aromatic rings. The van der Waals surface area contributed by atoms with Gasteiger partial charge in [0, 0.05) is 6.61 Å². The Labute approximate surface area is 43.3 Å². The molecule has 5 heteroatoms. The standard InChI is InChI=1S/C2H6O.HNO2S/c1-2-3;1-4(2)3/h3H,2H2,1H3;1H. The first kappa shape index (κ1) is 9.77. The Hall–Kier alpha value is -0.420. The molecule has 0 spiro atoms. The predicted molar refractivity (Wildman–Crippen MR) is 24.4 cm³/mol. The zero-order valence-electron chi connectivity index (χ0n) is 3.88. The van der Waals surface area contributed by atoms with Gasteiger partial charge in [-0.2, -0.15) is 13.2 Å². The second-order valence-corrected chi connectivity index (χ2v) is 1.02. The van der Waals surface area contributed by atoms with Gasteiger partial charge in [-0.15, -0.1) is 0 Å². The summed E-state index contributed by atoms with van der Waals surface area (Å²) in [5.41, 5.74) is 0. The van der Waals surface area contributed by atoms with E-state index in [0.717, 1.165) is 0 Å². The predicted octanol–water partition coefficient (Wildman–Crippen LogP) is -0.374. The number of nitrogens with one attached hydrogen (secondary N) is 1. The zero-order valence-corrected chi connectivity index (χ0v) is 4.70. The van der Waals surface area contributed by atoms with Crippen molar-refractivity contribution < 1.29 is 13.5 Å². The lowest BCUT2D eigenvalue weighted by Crippen LogP contribution is -1.57. The topological polar surface area (TPSA) is 78.2 Å². The van der Waals surface area contributed by atoms with E-state index in [0.29, 0.717) is 0 Å². The number of hydrogen-bond acceptors (Lipinski definition) is 4. The summed E-state index contributed by atoms with van der Waals surface area (Å²) in [5.74, 6) is 0. The van der Waals surface area contributed by atoms with Gasteiger partial charge >= 0.3 is 10.5 Å². The van der Waals surface area contributed by atoms with Gasteiger partial charge in [0.2, 0.25) is 0 Å². The lowest BCUT2D eigenvalue weighted by Gasteiger charge is -1.52. The molecule has 0 aromatic carbocycles. The third-order valence-corrected chi connectivity index (χ3v) is 0. The van der Waals surface area contributed by atoms with E-state index in [4.69, 9.17) is 18.3 Å². The van der Waals surface area contributed by atoms with Crippen LogP contribution in [0.2, 0.25) is 0 Å². The van der Waals surface area contributed by atoms with E-state index in [1.807, 2.05) is 0 Å². The van der Waals surface area contributed by atoms with E-state index < -0.39 is 10.5 Å². The third kappa shape index (κ3) is 405. The summed E-state index contributed by atoms with van der Waals surface area (Å²) in [7, 11) is -2.61. The Balaban J connectivity index is 0. The Bertz CT molecular complexity index is 93.1. The van der Waals surface area contributed by atoms with Crippen LogP contribution in [0.5, 0.6) is 0 Å². The SMILES string of the molecule is CCO.N=S(=O)=O.